The first-order chi connectivity index (χ1) is 8.59. The minimum absolute atomic E-state index is 0.192. The number of carbonyl (C=O) groups is 3. The summed E-state index contributed by atoms with van der Waals surface area (Å²) in [6, 6.07) is -0.439. The summed E-state index contributed by atoms with van der Waals surface area (Å²) >= 11 is 0. The van der Waals surface area contributed by atoms with Crippen molar-refractivity contribution in [1.29, 1.82) is 0 Å². The smallest absolute Gasteiger partial charge is 0.325 e. The Hall–Kier alpha value is -1.59. The second kappa shape index (κ2) is 4.96. The molecule has 2 N–H and O–H groups in total. The highest BCUT2D eigenvalue weighted by atomic mass is 16.2. The predicted octanol–water partition coefficient (Wildman–Crippen LogP) is 0.377. The Kier molecular flexibility index (Phi) is 3.54. The maximum atomic E-state index is 12.4. The zero-order chi connectivity index (χ0) is 13.2. The third-order valence-corrected chi connectivity index (χ3v) is 3.78. The van der Waals surface area contributed by atoms with Gasteiger partial charge in [0.25, 0.3) is 5.91 Å². The lowest BCUT2D eigenvalue weighted by atomic mass is 9.90. The molecule has 1 aliphatic carbocycles. The maximum absolute atomic E-state index is 12.4. The molecule has 4 amide bonds. The average molecular weight is 253 g/mol. The van der Waals surface area contributed by atoms with Crippen molar-refractivity contribution in [3.8, 4) is 0 Å². The van der Waals surface area contributed by atoms with Gasteiger partial charge in [0.2, 0.25) is 5.91 Å². The lowest BCUT2D eigenvalue weighted by Crippen LogP contribution is -2.47. The molecule has 0 bridgehead atoms. The van der Waals surface area contributed by atoms with Crippen LogP contribution in [0.4, 0.5) is 4.79 Å². The van der Waals surface area contributed by atoms with E-state index in [9.17, 15) is 14.4 Å². The summed E-state index contributed by atoms with van der Waals surface area (Å²) in [6.45, 7) is -0.192. The molecule has 2 aliphatic rings. The Balaban J connectivity index is 2.14. The molecule has 0 aromatic carbocycles. The topological polar surface area (TPSA) is 78.5 Å². The Morgan fingerprint density at radius 1 is 1.28 bits per heavy atom. The molecule has 1 saturated carbocycles. The van der Waals surface area contributed by atoms with Crippen LogP contribution in [0.3, 0.4) is 0 Å². The van der Waals surface area contributed by atoms with E-state index >= 15 is 0 Å². The molecule has 18 heavy (non-hydrogen) atoms. The molecule has 0 aromatic rings. The summed E-state index contributed by atoms with van der Waals surface area (Å²) in [7, 11) is 1.49. The number of carbonyl (C=O) groups excluding carboxylic acids is 3. The third-order valence-electron chi connectivity index (χ3n) is 3.78. The van der Waals surface area contributed by atoms with Gasteiger partial charge in [-0.1, -0.05) is 25.7 Å². The van der Waals surface area contributed by atoms with Gasteiger partial charge < -0.3 is 10.6 Å². The van der Waals surface area contributed by atoms with Crippen LogP contribution in [0.1, 0.15) is 38.5 Å². The number of rotatable bonds is 2. The fourth-order valence-electron chi connectivity index (χ4n) is 2.71. The van der Waals surface area contributed by atoms with Gasteiger partial charge in [-0.3, -0.25) is 14.5 Å². The van der Waals surface area contributed by atoms with E-state index in [2.05, 4.69) is 10.6 Å². The van der Waals surface area contributed by atoms with Crippen molar-refractivity contribution in [2.75, 3.05) is 13.6 Å². The van der Waals surface area contributed by atoms with Gasteiger partial charge in [-0.25, -0.2) is 4.79 Å². The van der Waals surface area contributed by atoms with Gasteiger partial charge in [-0.05, 0) is 12.8 Å². The van der Waals surface area contributed by atoms with Crippen LogP contribution in [0.15, 0.2) is 0 Å². The van der Waals surface area contributed by atoms with E-state index < -0.39 is 11.6 Å². The molecule has 2 fully saturated rings. The Labute approximate surface area is 106 Å². The van der Waals surface area contributed by atoms with Crippen molar-refractivity contribution in [2.24, 2.45) is 0 Å². The highest BCUT2D eigenvalue weighted by Crippen LogP contribution is 2.32. The van der Waals surface area contributed by atoms with E-state index in [4.69, 9.17) is 0 Å². The molecule has 0 unspecified atom stereocenters. The lowest BCUT2D eigenvalue weighted by Gasteiger charge is -2.24. The van der Waals surface area contributed by atoms with Crippen molar-refractivity contribution in [3.63, 3.8) is 0 Å². The Morgan fingerprint density at radius 2 is 1.89 bits per heavy atom. The Morgan fingerprint density at radius 3 is 2.44 bits per heavy atom. The molecule has 2 rings (SSSR count). The number of likely N-dealkylation sites (N-methyl/N-ethyl adjacent to an activating group) is 1. The molecular formula is C12H19N3O3. The van der Waals surface area contributed by atoms with Crippen molar-refractivity contribution >= 4 is 17.8 Å². The number of nitrogens with zero attached hydrogens (tertiary/aromatic N) is 1. The van der Waals surface area contributed by atoms with Crippen LogP contribution in [0, 0.1) is 0 Å². The first-order valence-corrected chi connectivity index (χ1v) is 6.44. The summed E-state index contributed by atoms with van der Waals surface area (Å²) in [6.07, 6.45) is 5.45. The van der Waals surface area contributed by atoms with E-state index in [0.29, 0.717) is 12.8 Å². The van der Waals surface area contributed by atoms with Crippen LogP contribution in [-0.2, 0) is 9.59 Å². The van der Waals surface area contributed by atoms with Gasteiger partial charge in [-0.15, -0.1) is 0 Å². The van der Waals surface area contributed by atoms with Gasteiger partial charge >= 0.3 is 6.03 Å². The summed E-state index contributed by atoms with van der Waals surface area (Å²) in [5.41, 5.74) is -0.748. The zero-order valence-corrected chi connectivity index (χ0v) is 10.6. The monoisotopic (exact) mass is 253 g/mol. The standard InChI is InChI=1S/C12H19N3O3/c1-13-9(16)8-15-10(17)12(14-11(15)18)6-4-2-3-5-7-12/h2-8H2,1H3,(H,13,16)(H,14,18). The number of imide groups is 1. The van der Waals surface area contributed by atoms with Crippen molar-refractivity contribution < 1.29 is 14.4 Å². The number of hydrogen-bond donors (Lipinski definition) is 2. The molecule has 1 saturated heterocycles. The van der Waals surface area contributed by atoms with Gasteiger partial charge in [-0.2, -0.15) is 0 Å². The SMILES string of the molecule is CNC(=O)CN1C(=O)NC2(CCCCCC2)C1=O. The zero-order valence-electron chi connectivity index (χ0n) is 10.6. The number of hydrogen-bond acceptors (Lipinski definition) is 3. The van der Waals surface area contributed by atoms with E-state index in [-0.39, 0.29) is 18.4 Å². The molecule has 0 radical (unpaired) electrons. The normalized spacial score (nSPS) is 22.8. The summed E-state index contributed by atoms with van der Waals surface area (Å²) in [5.74, 6) is -0.567. The third kappa shape index (κ3) is 2.19. The summed E-state index contributed by atoms with van der Waals surface area (Å²) in [4.78, 5) is 36.5. The second-order valence-electron chi connectivity index (χ2n) is 4.99. The minimum Gasteiger partial charge on any atom is -0.358 e. The molecule has 1 spiro atoms. The predicted molar refractivity (Wildman–Crippen MR) is 64.7 cm³/mol. The Bertz CT molecular complexity index is 373. The van der Waals surface area contributed by atoms with Crippen LogP contribution in [-0.4, -0.2) is 41.9 Å². The summed E-state index contributed by atoms with van der Waals surface area (Å²) < 4.78 is 0. The van der Waals surface area contributed by atoms with Gasteiger partial charge in [0.05, 0.1) is 0 Å². The molecule has 6 nitrogen and oxygen atoms in total. The van der Waals surface area contributed by atoms with E-state index in [0.717, 1.165) is 30.6 Å². The minimum atomic E-state index is -0.748. The van der Waals surface area contributed by atoms with Crippen LogP contribution in [0.2, 0.25) is 0 Å². The van der Waals surface area contributed by atoms with Crippen molar-refractivity contribution in [1.82, 2.24) is 15.5 Å². The van der Waals surface area contributed by atoms with Crippen molar-refractivity contribution in [2.45, 2.75) is 44.1 Å². The van der Waals surface area contributed by atoms with Crippen LogP contribution in [0.25, 0.3) is 0 Å². The first kappa shape index (κ1) is 12.9. The molecule has 1 aliphatic heterocycles. The fourth-order valence-corrected chi connectivity index (χ4v) is 2.71. The van der Waals surface area contributed by atoms with Crippen LogP contribution < -0.4 is 10.6 Å². The molecule has 0 aromatic heterocycles. The summed E-state index contributed by atoms with van der Waals surface area (Å²) in [5, 5.41) is 5.22. The fraction of sp³-hybridized carbons (Fsp3) is 0.750. The second-order valence-corrected chi connectivity index (χ2v) is 4.99. The van der Waals surface area contributed by atoms with E-state index in [1.165, 1.54) is 7.05 Å². The average Bonchev–Trinajstić information content (AvgIpc) is 2.55. The van der Waals surface area contributed by atoms with Crippen molar-refractivity contribution in [3.05, 3.63) is 0 Å². The highest BCUT2D eigenvalue weighted by Gasteiger charge is 2.50. The molecule has 100 valence electrons. The molecule has 1 heterocycles. The largest absolute Gasteiger partial charge is 0.358 e. The van der Waals surface area contributed by atoms with Gasteiger partial charge in [0, 0.05) is 7.05 Å². The molecule has 0 atom stereocenters. The number of urea groups is 1. The first-order valence-electron chi connectivity index (χ1n) is 6.44. The van der Waals surface area contributed by atoms with E-state index in [1.807, 2.05) is 0 Å². The molecule has 6 heteroatoms. The number of amides is 4. The lowest BCUT2D eigenvalue weighted by molar-refractivity contribution is -0.135. The van der Waals surface area contributed by atoms with Crippen LogP contribution >= 0.6 is 0 Å². The van der Waals surface area contributed by atoms with Gasteiger partial charge in [0.15, 0.2) is 0 Å². The highest BCUT2D eigenvalue weighted by molar-refractivity contribution is 6.09. The quantitative estimate of drug-likeness (QED) is 0.698. The number of nitrogens with one attached hydrogen (secondary N) is 2. The van der Waals surface area contributed by atoms with Gasteiger partial charge in [0.1, 0.15) is 12.1 Å². The molecular weight excluding hydrogens is 234 g/mol. The van der Waals surface area contributed by atoms with E-state index in [1.54, 1.807) is 0 Å². The maximum Gasteiger partial charge on any atom is 0.325 e. The van der Waals surface area contributed by atoms with Crippen LogP contribution in [0.5, 0.6) is 0 Å².